The van der Waals surface area contributed by atoms with Gasteiger partial charge in [0.2, 0.25) is 0 Å². The zero-order valence-corrected chi connectivity index (χ0v) is 12.7. The summed E-state index contributed by atoms with van der Waals surface area (Å²) in [6.07, 6.45) is 0.828. The first-order chi connectivity index (χ1) is 9.54. The molecule has 2 rings (SSSR count). The highest BCUT2D eigenvalue weighted by Crippen LogP contribution is 2.37. The Balaban J connectivity index is 2.15. The number of benzene rings is 1. The minimum absolute atomic E-state index is 0.219. The number of hydrogen-bond donors (Lipinski definition) is 3. The Hall–Kier alpha value is -1.30. The van der Waals surface area contributed by atoms with Gasteiger partial charge in [-0.15, -0.1) is 11.3 Å². The number of carbonyl (C=O) groups excluding carboxylic acids is 1. The summed E-state index contributed by atoms with van der Waals surface area (Å²) in [5.74, 6) is -0.219. The van der Waals surface area contributed by atoms with Crippen LogP contribution in [0.2, 0.25) is 5.02 Å². The summed E-state index contributed by atoms with van der Waals surface area (Å²) in [7, 11) is 0. The maximum atomic E-state index is 12.1. The fourth-order valence-electron chi connectivity index (χ4n) is 1.93. The Morgan fingerprint density at radius 2 is 2.30 bits per heavy atom. The van der Waals surface area contributed by atoms with E-state index < -0.39 is 0 Å². The van der Waals surface area contributed by atoms with Crippen LogP contribution >= 0.6 is 22.9 Å². The molecule has 108 valence electrons. The van der Waals surface area contributed by atoms with Crippen LogP contribution in [0.1, 0.15) is 29.4 Å². The SMILES string of the molecule is CCC(O)CCNC(=O)c1sc2cccc(Cl)c2c1N. The Morgan fingerprint density at radius 1 is 1.55 bits per heavy atom. The summed E-state index contributed by atoms with van der Waals surface area (Å²) in [5, 5.41) is 13.5. The van der Waals surface area contributed by atoms with Crippen LogP contribution in [0, 0.1) is 0 Å². The Labute approximate surface area is 126 Å². The van der Waals surface area contributed by atoms with Crippen LogP contribution in [0.25, 0.3) is 10.1 Å². The molecule has 20 heavy (non-hydrogen) atoms. The van der Waals surface area contributed by atoms with Crippen molar-refractivity contribution in [2.75, 3.05) is 12.3 Å². The number of nitrogens with one attached hydrogen (secondary N) is 1. The average molecular weight is 313 g/mol. The first kappa shape index (κ1) is 15.1. The van der Waals surface area contributed by atoms with Crippen molar-refractivity contribution in [1.82, 2.24) is 5.32 Å². The molecule has 1 amide bonds. The third kappa shape index (κ3) is 3.06. The van der Waals surface area contributed by atoms with E-state index in [0.717, 1.165) is 10.1 Å². The van der Waals surface area contributed by atoms with Gasteiger partial charge < -0.3 is 16.2 Å². The molecule has 0 aliphatic carbocycles. The molecule has 0 fully saturated rings. The first-order valence-electron chi connectivity index (χ1n) is 6.47. The number of anilines is 1. The Kier molecular flexibility index (Phi) is 4.86. The van der Waals surface area contributed by atoms with Crippen molar-refractivity contribution in [3.05, 3.63) is 28.1 Å². The highest BCUT2D eigenvalue weighted by atomic mass is 35.5. The van der Waals surface area contributed by atoms with Gasteiger partial charge in [-0.1, -0.05) is 24.6 Å². The molecule has 0 saturated carbocycles. The number of carbonyl (C=O) groups is 1. The molecule has 0 saturated heterocycles. The number of aliphatic hydroxyl groups is 1. The number of halogens is 1. The third-order valence-corrected chi connectivity index (χ3v) is 4.63. The lowest BCUT2D eigenvalue weighted by Gasteiger charge is -2.08. The number of nitrogen functional groups attached to an aromatic ring is 1. The summed E-state index contributed by atoms with van der Waals surface area (Å²) in [6.45, 7) is 2.33. The van der Waals surface area contributed by atoms with Crippen molar-refractivity contribution in [3.63, 3.8) is 0 Å². The number of rotatable bonds is 5. The van der Waals surface area contributed by atoms with E-state index in [-0.39, 0.29) is 12.0 Å². The second-order valence-corrected chi connectivity index (χ2v) is 6.02. The van der Waals surface area contributed by atoms with Gasteiger partial charge in [-0.3, -0.25) is 4.79 Å². The van der Waals surface area contributed by atoms with Gasteiger partial charge in [0.15, 0.2) is 0 Å². The van der Waals surface area contributed by atoms with Crippen LogP contribution in [-0.4, -0.2) is 23.7 Å². The number of thiophene rings is 1. The van der Waals surface area contributed by atoms with Crippen molar-refractivity contribution in [1.29, 1.82) is 0 Å². The van der Waals surface area contributed by atoms with Crippen LogP contribution in [0.15, 0.2) is 18.2 Å². The van der Waals surface area contributed by atoms with E-state index in [4.69, 9.17) is 17.3 Å². The average Bonchev–Trinajstić information content (AvgIpc) is 2.77. The molecule has 1 atom stereocenters. The number of aliphatic hydroxyl groups excluding tert-OH is 1. The van der Waals surface area contributed by atoms with Gasteiger partial charge >= 0.3 is 0 Å². The van der Waals surface area contributed by atoms with Crippen LogP contribution < -0.4 is 11.1 Å². The minimum atomic E-state index is -0.385. The van der Waals surface area contributed by atoms with E-state index in [0.29, 0.717) is 35.0 Å². The summed E-state index contributed by atoms with van der Waals surface area (Å²) < 4.78 is 0.897. The molecule has 1 aromatic heterocycles. The Morgan fingerprint density at radius 3 is 2.95 bits per heavy atom. The van der Waals surface area contributed by atoms with E-state index in [9.17, 15) is 9.90 Å². The van der Waals surface area contributed by atoms with Crippen molar-refractivity contribution in [2.24, 2.45) is 0 Å². The highest BCUT2D eigenvalue weighted by molar-refractivity contribution is 7.21. The molecular formula is C14H17ClN2O2S. The highest BCUT2D eigenvalue weighted by Gasteiger charge is 2.17. The molecule has 1 aromatic carbocycles. The second kappa shape index (κ2) is 6.43. The van der Waals surface area contributed by atoms with Gasteiger partial charge in [0.05, 0.1) is 16.8 Å². The molecule has 0 radical (unpaired) electrons. The second-order valence-electron chi connectivity index (χ2n) is 4.56. The van der Waals surface area contributed by atoms with Gasteiger partial charge in [0, 0.05) is 16.6 Å². The molecule has 6 heteroatoms. The standard InChI is InChI=1S/C14H17ClN2O2S/c1-2-8(18)6-7-17-14(19)13-12(16)11-9(15)4-3-5-10(11)20-13/h3-5,8,18H,2,6-7,16H2,1H3,(H,17,19). The van der Waals surface area contributed by atoms with E-state index in [1.807, 2.05) is 19.1 Å². The monoisotopic (exact) mass is 312 g/mol. The van der Waals surface area contributed by atoms with E-state index in [1.54, 1.807) is 6.07 Å². The lowest BCUT2D eigenvalue weighted by atomic mass is 10.2. The molecule has 1 heterocycles. The van der Waals surface area contributed by atoms with Crippen LogP contribution in [0.4, 0.5) is 5.69 Å². The summed E-state index contributed by atoms with van der Waals surface area (Å²) in [6, 6.07) is 5.48. The van der Waals surface area contributed by atoms with Crippen molar-refractivity contribution < 1.29 is 9.90 Å². The topological polar surface area (TPSA) is 75.3 Å². The summed E-state index contributed by atoms with van der Waals surface area (Å²) in [4.78, 5) is 12.6. The van der Waals surface area contributed by atoms with Crippen LogP contribution in [0.3, 0.4) is 0 Å². The number of amides is 1. The predicted molar refractivity (Wildman–Crippen MR) is 84.5 cm³/mol. The zero-order chi connectivity index (χ0) is 14.7. The van der Waals surface area contributed by atoms with Gasteiger partial charge in [0.1, 0.15) is 4.88 Å². The number of nitrogens with two attached hydrogens (primary N) is 1. The van der Waals surface area contributed by atoms with Gasteiger partial charge in [-0.25, -0.2) is 0 Å². The number of fused-ring (bicyclic) bond motifs is 1. The molecule has 4 N–H and O–H groups in total. The van der Waals surface area contributed by atoms with Crippen molar-refractivity contribution >= 4 is 44.6 Å². The third-order valence-electron chi connectivity index (χ3n) is 3.14. The lowest BCUT2D eigenvalue weighted by molar-refractivity contribution is 0.0947. The van der Waals surface area contributed by atoms with E-state index in [2.05, 4.69) is 5.32 Å². The van der Waals surface area contributed by atoms with Gasteiger partial charge in [-0.2, -0.15) is 0 Å². The fourth-order valence-corrected chi connectivity index (χ4v) is 3.33. The molecule has 4 nitrogen and oxygen atoms in total. The van der Waals surface area contributed by atoms with Crippen molar-refractivity contribution in [3.8, 4) is 0 Å². The smallest absolute Gasteiger partial charge is 0.263 e. The summed E-state index contributed by atoms with van der Waals surface area (Å²) >= 11 is 7.43. The molecule has 0 aliphatic rings. The van der Waals surface area contributed by atoms with E-state index >= 15 is 0 Å². The van der Waals surface area contributed by atoms with E-state index in [1.165, 1.54) is 11.3 Å². The Bertz CT molecular complexity index is 627. The molecule has 2 aromatic rings. The lowest BCUT2D eigenvalue weighted by Crippen LogP contribution is -2.26. The maximum Gasteiger partial charge on any atom is 0.263 e. The molecule has 0 spiro atoms. The molecule has 0 bridgehead atoms. The predicted octanol–water partition coefficient (Wildman–Crippen LogP) is 3.03. The van der Waals surface area contributed by atoms with Gasteiger partial charge in [0.25, 0.3) is 5.91 Å². The zero-order valence-electron chi connectivity index (χ0n) is 11.1. The minimum Gasteiger partial charge on any atom is -0.397 e. The molecule has 1 unspecified atom stereocenters. The molecule has 0 aliphatic heterocycles. The fraction of sp³-hybridized carbons (Fsp3) is 0.357. The van der Waals surface area contributed by atoms with Crippen molar-refractivity contribution in [2.45, 2.75) is 25.9 Å². The quantitative estimate of drug-likeness (QED) is 0.794. The normalized spacial score (nSPS) is 12.6. The summed E-state index contributed by atoms with van der Waals surface area (Å²) in [5.41, 5.74) is 6.43. The van der Waals surface area contributed by atoms with Crippen LogP contribution in [0.5, 0.6) is 0 Å². The maximum absolute atomic E-state index is 12.1. The largest absolute Gasteiger partial charge is 0.397 e. The number of hydrogen-bond acceptors (Lipinski definition) is 4. The van der Waals surface area contributed by atoms with Crippen LogP contribution in [-0.2, 0) is 0 Å². The van der Waals surface area contributed by atoms with Gasteiger partial charge in [-0.05, 0) is 25.0 Å². The molecular weight excluding hydrogens is 296 g/mol. The first-order valence-corrected chi connectivity index (χ1v) is 7.66.